The van der Waals surface area contributed by atoms with E-state index in [9.17, 15) is 0 Å². The Morgan fingerprint density at radius 3 is 3.15 bits per heavy atom. The maximum Gasteiger partial charge on any atom is 0.143 e. The number of ether oxygens (including phenoxy) is 1. The van der Waals surface area contributed by atoms with Crippen LogP contribution in [-0.4, -0.2) is 34.5 Å². The summed E-state index contributed by atoms with van der Waals surface area (Å²) in [4.78, 5) is 6.71. The lowest BCUT2D eigenvalue weighted by Gasteiger charge is -2.33. The van der Waals surface area contributed by atoms with Crippen molar-refractivity contribution in [2.24, 2.45) is 0 Å². The van der Waals surface area contributed by atoms with E-state index in [1.54, 1.807) is 0 Å². The maximum atomic E-state index is 5.88. The van der Waals surface area contributed by atoms with Crippen LogP contribution in [0, 0.1) is 0 Å². The Morgan fingerprint density at radius 1 is 1.50 bits per heavy atom. The van der Waals surface area contributed by atoms with Crippen LogP contribution >= 0.6 is 15.9 Å². The average molecular weight is 337 g/mol. The molecule has 3 rings (SSSR count). The molecule has 2 aromatic rings. The van der Waals surface area contributed by atoms with Gasteiger partial charge in [-0.05, 0) is 35.0 Å². The van der Waals surface area contributed by atoms with Gasteiger partial charge < -0.3 is 9.64 Å². The van der Waals surface area contributed by atoms with Gasteiger partial charge in [0.15, 0.2) is 0 Å². The molecule has 1 aliphatic heterocycles. The first kappa shape index (κ1) is 13.6. The van der Waals surface area contributed by atoms with Crippen LogP contribution in [0.1, 0.15) is 18.6 Å². The number of hydrogen-bond donors (Lipinski definition) is 0. The van der Waals surface area contributed by atoms with Gasteiger partial charge in [-0.25, -0.2) is 4.98 Å². The molecule has 0 N–H and O–H groups in total. The van der Waals surface area contributed by atoms with E-state index < -0.39 is 0 Å². The van der Waals surface area contributed by atoms with Crippen LogP contribution in [0.15, 0.2) is 35.2 Å². The third-order valence-corrected chi connectivity index (χ3v) is 4.07. The number of morpholine rings is 1. The predicted molar refractivity (Wildman–Crippen MR) is 80.7 cm³/mol. The summed E-state index contributed by atoms with van der Waals surface area (Å²) in [6.45, 7) is 5.31. The van der Waals surface area contributed by atoms with Crippen molar-refractivity contribution in [3.05, 3.63) is 40.8 Å². The van der Waals surface area contributed by atoms with Gasteiger partial charge in [0, 0.05) is 31.0 Å². The highest BCUT2D eigenvalue weighted by atomic mass is 79.9. The second-order valence-corrected chi connectivity index (χ2v) is 5.60. The molecule has 1 fully saturated rings. The van der Waals surface area contributed by atoms with Gasteiger partial charge in [-0.1, -0.05) is 0 Å². The molecular weight excluding hydrogens is 320 g/mol. The normalized spacial score (nSPS) is 19.3. The van der Waals surface area contributed by atoms with Gasteiger partial charge in [0.1, 0.15) is 11.9 Å². The zero-order chi connectivity index (χ0) is 13.9. The highest BCUT2D eigenvalue weighted by Crippen LogP contribution is 2.29. The van der Waals surface area contributed by atoms with E-state index in [0.29, 0.717) is 6.61 Å². The fourth-order valence-corrected chi connectivity index (χ4v) is 2.88. The van der Waals surface area contributed by atoms with Crippen molar-refractivity contribution >= 4 is 21.7 Å². The number of pyridine rings is 1. The molecule has 0 radical (unpaired) electrons. The SMILES string of the molecule is CCn1cc([C@@H]2CN(c3ncccc3Br)CCO2)cn1. The van der Waals surface area contributed by atoms with E-state index in [4.69, 9.17) is 4.74 Å². The van der Waals surface area contributed by atoms with Crippen molar-refractivity contribution in [3.63, 3.8) is 0 Å². The highest BCUT2D eigenvalue weighted by molar-refractivity contribution is 9.10. The standard InChI is InChI=1S/C14H17BrN4O/c1-2-19-9-11(8-17-19)13-10-18(6-7-20-13)14-12(15)4-3-5-16-14/h3-5,8-9,13H,2,6-7,10H2,1H3/t13-/m0/s1. The molecule has 0 bridgehead atoms. The van der Waals surface area contributed by atoms with Crippen molar-refractivity contribution in [2.75, 3.05) is 24.6 Å². The monoisotopic (exact) mass is 336 g/mol. The molecule has 1 aliphatic rings. The van der Waals surface area contributed by atoms with E-state index >= 15 is 0 Å². The lowest BCUT2D eigenvalue weighted by Crippen LogP contribution is -2.39. The molecule has 0 spiro atoms. The first-order chi connectivity index (χ1) is 9.78. The van der Waals surface area contributed by atoms with E-state index in [0.717, 1.165) is 35.5 Å². The summed E-state index contributed by atoms with van der Waals surface area (Å²) in [5.74, 6) is 0.976. The van der Waals surface area contributed by atoms with Crippen molar-refractivity contribution in [3.8, 4) is 0 Å². The molecule has 1 atom stereocenters. The summed E-state index contributed by atoms with van der Waals surface area (Å²) >= 11 is 3.56. The molecule has 106 valence electrons. The van der Waals surface area contributed by atoms with Crippen molar-refractivity contribution in [1.29, 1.82) is 0 Å². The molecule has 0 unspecified atom stereocenters. The quantitative estimate of drug-likeness (QED) is 0.864. The largest absolute Gasteiger partial charge is 0.370 e. The Balaban J connectivity index is 1.78. The summed E-state index contributed by atoms with van der Waals surface area (Å²) in [5, 5.41) is 4.32. The maximum absolute atomic E-state index is 5.88. The van der Waals surface area contributed by atoms with Gasteiger partial charge in [0.2, 0.25) is 0 Å². The van der Waals surface area contributed by atoms with Crippen LogP contribution in [0.3, 0.4) is 0 Å². The number of nitrogens with zero attached hydrogens (tertiary/aromatic N) is 4. The average Bonchev–Trinajstić information content (AvgIpc) is 2.97. The molecule has 3 heterocycles. The van der Waals surface area contributed by atoms with E-state index in [-0.39, 0.29) is 6.10 Å². The molecule has 1 saturated heterocycles. The highest BCUT2D eigenvalue weighted by Gasteiger charge is 2.24. The summed E-state index contributed by atoms with van der Waals surface area (Å²) in [6, 6.07) is 3.94. The zero-order valence-electron chi connectivity index (χ0n) is 11.4. The van der Waals surface area contributed by atoms with Crippen LogP contribution < -0.4 is 4.90 Å². The summed E-state index contributed by atoms with van der Waals surface area (Å²) in [7, 11) is 0. The minimum Gasteiger partial charge on any atom is -0.370 e. The topological polar surface area (TPSA) is 43.2 Å². The molecule has 20 heavy (non-hydrogen) atoms. The number of rotatable bonds is 3. The molecule has 0 saturated carbocycles. The summed E-state index contributed by atoms with van der Waals surface area (Å²) in [5.41, 5.74) is 1.13. The molecule has 0 amide bonds. The fourth-order valence-electron chi connectivity index (χ4n) is 2.37. The number of aryl methyl sites for hydroxylation is 1. The second kappa shape index (κ2) is 5.93. The first-order valence-corrected chi connectivity index (χ1v) is 7.56. The number of halogens is 1. The van der Waals surface area contributed by atoms with Crippen molar-refractivity contribution < 1.29 is 4.74 Å². The van der Waals surface area contributed by atoms with Crippen LogP contribution in [-0.2, 0) is 11.3 Å². The number of hydrogen-bond acceptors (Lipinski definition) is 4. The van der Waals surface area contributed by atoms with Gasteiger partial charge in [0.25, 0.3) is 0 Å². The van der Waals surface area contributed by atoms with Crippen molar-refractivity contribution in [2.45, 2.75) is 19.6 Å². The fraction of sp³-hybridized carbons (Fsp3) is 0.429. The predicted octanol–water partition coefficient (Wildman–Crippen LogP) is 2.64. The first-order valence-electron chi connectivity index (χ1n) is 6.77. The van der Waals surface area contributed by atoms with Gasteiger partial charge in [0.05, 0.1) is 23.8 Å². The number of aromatic nitrogens is 3. The summed E-state index contributed by atoms with van der Waals surface area (Å²) in [6.07, 6.45) is 5.82. The van der Waals surface area contributed by atoms with Crippen LogP contribution in [0.2, 0.25) is 0 Å². The number of anilines is 1. The van der Waals surface area contributed by atoms with E-state index in [1.165, 1.54) is 0 Å². The Labute approximate surface area is 126 Å². The second-order valence-electron chi connectivity index (χ2n) is 4.74. The molecule has 0 aliphatic carbocycles. The Hall–Kier alpha value is -1.40. The van der Waals surface area contributed by atoms with Gasteiger partial charge in [-0.3, -0.25) is 4.68 Å². The Bertz CT molecular complexity index is 586. The molecule has 0 aromatic carbocycles. The zero-order valence-corrected chi connectivity index (χ0v) is 13.0. The van der Waals surface area contributed by atoms with Gasteiger partial charge >= 0.3 is 0 Å². The molecular formula is C14H17BrN4O. The lowest BCUT2D eigenvalue weighted by molar-refractivity contribution is 0.0394. The summed E-state index contributed by atoms with van der Waals surface area (Å²) < 4.78 is 8.82. The lowest BCUT2D eigenvalue weighted by atomic mass is 10.1. The Kier molecular flexibility index (Phi) is 4.03. The third kappa shape index (κ3) is 2.71. The van der Waals surface area contributed by atoms with Crippen LogP contribution in [0.4, 0.5) is 5.82 Å². The van der Waals surface area contributed by atoms with Crippen LogP contribution in [0.5, 0.6) is 0 Å². The molecule has 5 nitrogen and oxygen atoms in total. The minimum absolute atomic E-state index is 0.0537. The van der Waals surface area contributed by atoms with E-state index in [2.05, 4.69) is 44.0 Å². The smallest absolute Gasteiger partial charge is 0.143 e. The van der Waals surface area contributed by atoms with Gasteiger partial charge in [-0.15, -0.1) is 0 Å². The molecule has 2 aromatic heterocycles. The third-order valence-electron chi connectivity index (χ3n) is 3.45. The van der Waals surface area contributed by atoms with E-state index in [1.807, 2.05) is 29.2 Å². The molecule has 6 heteroatoms. The minimum atomic E-state index is 0.0537. The van der Waals surface area contributed by atoms with Crippen LogP contribution in [0.25, 0.3) is 0 Å². The Morgan fingerprint density at radius 2 is 2.40 bits per heavy atom. The van der Waals surface area contributed by atoms with Gasteiger partial charge in [-0.2, -0.15) is 5.10 Å². The van der Waals surface area contributed by atoms with Crippen molar-refractivity contribution in [1.82, 2.24) is 14.8 Å².